The number of hydrogen-bond donors (Lipinski definition) is 2. The van der Waals surface area contributed by atoms with Gasteiger partial charge in [0.2, 0.25) is 0 Å². The zero-order chi connectivity index (χ0) is 8.16. The van der Waals surface area contributed by atoms with Gasteiger partial charge in [0.25, 0.3) is 0 Å². The molecule has 0 aromatic carbocycles. The van der Waals surface area contributed by atoms with E-state index in [2.05, 4.69) is 22.6 Å². The van der Waals surface area contributed by atoms with Gasteiger partial charge in [-0.1, -0.05) is 5.92 Å². The zero-order valence-electron chi connectivity index (χ0n) is 6.35. The molecule has 1 heterocycles. The quantitative estimate of drug-likeness (QED) is 0.519. The summed E-state index contributed by atoms with van der Waals surface area (Å²) >= 11 is 0. The Morgan fingerprint density at radius 2 is 2.55 bits per heavy atom. The number of hydrogen-bond acceptors (Lipinski definition) is 3. The van der Waals surface area contributed by atoms with E-state index < -0.39 is 5.54 Å². The van der Waals surface area contributed by atoms with E-state index in [1.807, 2.05) is 0 Å². The Morgan fingerprint density at radius 1 is 1.73 bits per heavy atom. The van der Waals surface area contributed by atoms with Gasteiger partial charge in [-0.15, -0.1) is 6.42 Å². The van der Waals surface area contributed by atoms with Gasteiger partial charge in [0.15, 0.2) is 0 Å². The minimum atomic E-state index is -0.410. The molecule has 2 N–H and O–H groups in total. The second-order valence-corrected chi connectivity index (χ2v) is 2.68. The largest absolute Gasteiger partial charge is 0.314 e. The van der Waals surface area contributed by atoms with E-state index in [0.717, 1.165) is 13.0 Å². The number of nitrogens with one attached hydrogen (secondary N) is 2. The zero-order valence-corrected chi connectivity index (χ0v) is 6.35. The first-order valence-electron chi connectivity index (χ1n) is 3.63. The molecule has 1 aliphatic heterocycles. The molecule has 0 aromatic heterocycles. The van der Waals surface area contributed by atoms with E-state index in [1.165, 1.54) is 0 Å². The molecular formula is C8H11N3. The van der Waals surface area contributed by atoms with Gasteiger partial charge < -0.3 is 5.32 Å². The topological polar surface area (TPSA) is 47.9 Å². The van der Waals surface area contributed by atoms with Gasteiger partial charge in [0, 0.05) is 6.54 Å². The van der Waals surface area contributed by atoms with Crippen molar-refractivity contribution in [2.75, 3.05) is 19.6 Å². The molecule has 0 saturated carbocycles. The third-order valence-corrected chi connectivity index (χ3v) is 1.90. The third-order valence-electron chi connectivity index (χ3n) is 1.90. The first-order valence-corrected chi connectivity index (χ1v) is 3.63. The van der Waals surface area contributed by atoms with Crippen LogP contribution in [0.5, 0.6) is 0 Å². The Kier molecular flexibility index (Phi) is 2.48. The fourth-order valence-electron chi connectivity index (χ4n) is 1.20. The highest BCUT2D eigenvalue weighted by Crippen LogP contribution is 2.12. The van der Waals surface area contributed by atoms with E-state index in [0.29, 0.717) is 13.1 Å². The van der Waals surface area contributed by atoms with Crippen LogP contribution >= 0.6 is 0 Å². The Hall–Kier alpha value is -1.03. The molecule has 58 valence electrons. The molecule has 0 aliphatic carbocycles. The second-order valence-electron chi connectivity index (χ2n) is 2.68. The van der Waals surface area contributed by atoms with Crippen LogP contribution in [-0.2, 0) is 0 Å². The number of rotatable bonds is 2. The second kappa shape index (κ2) is 3.39. The molecule has 11 heavy (non-hydrogen) atoms. The summed E-state index contributed by atoms with van der Waals surface area (Å²) in [5.74, 6) is 2.46. The van der Waals surface area contributed by atoms with Crippen molar-refractivity contribution in [2.45, 2.75) is 12.0 Å². The van der Waals surface area contributed by atoms with Gasteiger partial charge in [-0.25, -0.2) is 0 Å². The van der Waals surface area contributed by atoms with Crippen LogP contribution in [0.4, 0.5) is 0 Å². The lowest BCUT2D eigenvalue weighted by Crippen LogP contribution is -2.45. The highest BCUT2D eigenvalue weighted by Gasteiger charge is 2.32. The highest BCUT2D eigenvalue weighted by molar-refractivity contribution is 5.13. The van der Waals surface area contributed by atoms with Crippen LogP contribution in [0.15, 0.2) is 0 Å². The van der Waals surface area contributed by atoms with Gasteiger partial charge >= 0.3 is 0 Å². The maximum absolute atomic E-state index is 8.82. The molecule has 1 rings (SSSR count). The Bertz CT molecular complexity index is 202. The minimum absolute atomic E-state index is 0.410. The van der Waals surface area contributed by atoms with Crippen molar-refractivity contribution in [1.82, 2.24) is 10.6 Å². The van der Waals surface area contributed by atoms with E-state index >= 15 is 0 Å². The third kappa shape index (κ3) is 1.71. The van der Waals surface area contributed by atoms with Gasteiger partial charge in [-0.2, -0.15) is 5.26 Å². The smallest absolute Gasteiger partial charge is 0.121 e. The summed E-state index contributed by atoms with van der Waals surface area (Å²) in [5.41, 5.74) is -0.410. The number of terminal acetylenes is 1. The molecule has 1 saturated heterocycles. The van der Waals surface area contributed by atoms with Crippen LogP contribution in [0.2, 0.25) is 0 Å². The number of nitrogens with zero attached hydrogens (tertiary/aromatic N) is 1. The first kappa shape index (κ1) is 8.07. The molecule has 0 radical (unpaired) electrons. The Morgan fingerprint density at radius 3 is 3.00 bits per heavy atom. The Labute approximate surface area is 66.8 Å². The van der Waals surface area contributed by atoms with E-state index in [-0.39, 0.29) is 0 Å². The van der Waals surface area contributed by atoms with Crippen molar-refractivity contribution in [3.63, 3.8) is 0 Å². The SMILES string of the molecule is C#CCNC1(C#N)CCNC1. The van der Waals surface area contributed by atoms with Gasteiger partial charge in [0.05, 0.1) is 12.6 Å². The predicted octanol–water partition coefficient (Wildman–Crippen LogP) is -0.535. The van der Waals surface area contributed by atoms with Crippen molar-refractivity contribution in [3.8, 4) is 18.4 Å². The van der Waals surface area contributed by atoms with Crippen molar-refractivity contribution >= 4 is 0 Å². The monoisotopic (exact) mass is 149 g/mol. The highest BCUT2D eigenvalue weighted by atomic mass is 15.1. The maximum Gasteiger partial charge on any atom is 0.121 e. The van der Waals surface area contributed by atoms with E-state index in [4.69, 9.17) is 11.7 Å². The van der Waals surface area contributed by atoms with Crippen LogP contribution in [0.3, 0.4) is 0 Å². The first-order chi connectivity index (χ1) is 5.33. The Balaban J connectivity index is 2.49. The normalized spacial score (nSPS) is 29.3. The summed E-state index contributed by atoms with van der Waals surface area (Å²) in [6.45, 7) is 2.06. The molecule has 3 heteroatoms. The maximum atomic E-state index is 8.82. The van der Waals surface area contributed by atoms with E-state index in [1.54, 1.807) is 0 Å². The van der Waals surface area contributed by atoms with Gasteiger partial charge in [0.1, 0.15) is 5.54 Å². The van der Waals surface area contributed by atoms with Gasteiger partial charge in [-0.05, 0) is 13.0 Å². The molecule has 1 fully saturated rings. The van der Waals surface area contributed by atoms with Crippen molar-refractivity contribution in [1.29, 1.82) is 5.26 Å². The van der Waals surface area contributed by atoms with Crippen molar-refractivity contribution in [2.24, 2.45) is 0 Å². The van der Waals surface area contributed by atoms with Gasteiger partial charge in [-0.3, -0.25) is 5.32 Å². The molecule has 0 spiro atoms. The fourth-order valence-corrected chi connectivity index (χ4v) is 1.20. The summed E-state index contributed by atoms with van der Waals surface area (Å²) in [6, 6.07) is 2.24. The number of nitriles is 1. The lowest BCUT2D eigenvalue weighted by molar-refractivity contribution is 0.474. The summed E-state index contributed by atoms with van der Waals surface area (Å²) in [6.07, 6.45) is 5.92. The van der Waals surface area contributed by atoms with Crippen LogP contribution in [0.1, 0.15) is 6.42 Å². The standard InChI is InChI=1S/C8H11N3/c1-2-4-11-8(6-9)3-5-10-7-8/h1,10-11H,3-5,7H2. The van der Waals surface area contributed by atoms with Crippen LogP contribution in [0, 0.1) is 23.7 Å². The van der Waals surface area contributed by atoms with Crippen LogP contribution in [0.25, 0.3) is 0 Å². The summed E-state index contributed by atoms with van der Waals surface area (Å²) in [4.78, 5) is 0. The molecular weight excluding hydrogens is 138 g/mol. The average Bonchev–Trinajstić information content (AvgIpc) is 2.50. The lowest BCUT2D eigenvalue weighted by atomic mass is 10.0. The summed E-state index contributed by atoms with van der Waals surface area (Å²) < 4.78 is 0. The molecule has 0 bridgehead atoms. The molecule has 1 aliphatic rings. The molecule has 1 unspecified atom stereocenters. The molecule has 3 nitrogen and oxygen atoms in total. The van der Waals surface area contributed by atoms with Crippen LogP contribution < -0.4 is 10.6 Å². The predicted molar refractivity (Wildman–Crippen MR) is 42.7 cm³/mol. The van der Waals surface area contributed by atoms with Crippen LogP contribution in [-0.4, -0.2) is 25.2 Å². The molecule has 0 aromatic rings. The summed E-state index contributed by atoms with van der Waals surface area (Å²) in [7, 11) is 0. The minimum Gasteiger partial charge on any atom is -0.314 e. The molecule has 0 amide bonds. The molecule has 1 atom stereocenters. The van der Waals surface area contributed by atoms with Crippen molar-refractivity contribution in [3.05, 3.63) is 0 Å². The average molecular weight is 149 g/mol. The lowest BCUT2D eigenvalue weighted by Gasteiger charge is -2.18. The van der Waals surface area contributed by atoms with Crippen molar-refractivity contribution < 1.29 is 0 Å². The summed E-state index contributed by atoms with van der Waals surface area (Å²) in [5, 5.41) is 15.0. The fraction of sp³-hybridized carbons (Fsp3) is 0.625. The van der Waals surface area contributed by atoms with E-state index in [9.17, 15) is 0 Å².